The number of hydrogen-bond acceptors (Lipinski definition) is 4. The lowest BCUT2D eigenvalue weighted by atomic mass is 10.1. The van der Waals surface area contributed by atoms with Crippen molar-refractivity contribution >= 4 is 11.8 Å². The van der Waals surface area contributed by atoms with Gasteiger partial charge in [-0.05, 0) is 12.5 Å². The third-order valence-electron chi connectivity index (χ3n) is 2.66. The monoisotopic (exact) mass is 232 g/mol. The molecule has 1 N–H and O–H groups in total. The minimum absolute atomic E-state index is 0.115. The summed E-state index contributed by atoms with van der Waals surface area (Å²) in [7, 11) is 0. The summed E-state index contributed by atoms with van der Waals surface area (Å²) in [5.41, 5.74) is 1.48. The van der Waals surface area contributed by atoms with Crippen LogP contribution in [0.15, 0.2) is 35.6 Å². The van der Waals surface area contributed by atoms with E-state index in [1.807, 2.05) is 6.07 Å². The van der Waals surface area contributed by atoms with Gasteiger partial charge in [-0.1, -0.05) is 24.3 Å². The molecule has 0 atom stereocenters. The van der Waals surface area contributed by atoms with Crippen LogP contribution >= 0.6 is 0 Å². The Kier molecular flexibility index (Phi) is 2.95. The second-order valence-corrected chi connectivity index (χ2v) is 3.71. The summed E-state index contributed by atoms with van der Waals surface area (Å²) in [6.45, 7) is 1.80. The first-order valence-electron chi connectivity index (χ1n) is 5.37. The summed E-state index contributed by atoms with van der Waals surface area (Å²) in [6.07, 6.45) is 0.277. The van der Waals surface area contributed by atoms with Crippen molar-refractivity contribution in [3.05, 3.63) is 46.7 Å². The van der Waals surface area contributed by atoms with Crippen LogP contribution in [-0.2, 0) is 16.0 Å². The number of allylic oxidation sites excluding steroid dienone is 1. The average Bonchev–Trinajstić information content (AvgIpc) is 2.67. The van der Waals surface area contributed by atoms with Crippen LogP contribution in [0, 0.1) is 0 Å². The number of ether oxygens (including phenoxy) is 1. The van der Waals surface area contributed by atoms with E-state index in [4.69, 9.17) is 0 Å². The molecule has 0 bridgehead atoms. The van der Waals surface area contributed by atoms with Crippen molar-refractivity contribution in [3.63, 3.8) is 0 Å². The third kappa shape index (κ3) is 1.93. The molecule has 0 unspecified atom stereocenters. The molecule has 1 aromatic rings. The average molecular weight is 232 g/mol. The van der Waals surface area contributed by atoms with Crippen molar-refractivity contribution in [2.45, 2.75) is 13.3 Å². The molecule has 2 rings (SSSR count). The minimum atomic E-state index is -0.844. The molecule has 1 aromatic carbocycles. The van der Waals surface area contributed by atoms with Gasteiger partial charge in [0.2, 0.25) is 5.76 Å². The minimum Gasteiger partial charge on any atom is -0.502 e. The molecule has 1 aliphatic rings. The highest BCUT2D eigenvalue weighted by Gasteiger charge is 2.30. The van der Waals surface area contributed by atoms with Gasteiger partial charge < -0.3 is 9.84 Å². The molecular weight excluding hydrogens is 220 g/mol. The zero-order chi connectivity index (χ0) is 12.4. The SMILES string of the molecule is CCOC(=O)/C(O)=C1\Cc2ccccc2C1=O. The van der Waals surface area contributed by atoms with Crippen LogP contribution in [0.1, 0.15) is 22.8 Å². The molecule has 0 aromatic heterocycles. The van der Waals surface area contributed by atoms with Crippen molar-refractivity contribution < 1.29 is 19.4 Å². The van der Waals surface area contributed by atoms with E-state index < -0.39 is 11.7 Å². The first-order valence-corrected chi connectivity index (χ1v) is 5.37. The summed E-state index contributed by atoms with van der Waals surface area (Å²) < 4.78 is 4.66. The van der Waals surface area contributed by atoms with Gasteiger partial charge in [0.05, 0.1) is 12.2 Å². The molecule has 0 saturated heterocycles. The van der Waals surface area contributed by atoms with Gasteiger partial charge in [-0.25, -0.2) is 4.79 Å². The first-order chi connectivity index (χ1) is 8.15. The second-order valence-electron chi connectivity index (χ2n) is 3.71. The Balaban J connectivity index is 2.36. The van der Waals surface area contributed by atoms with Crippen LogP contribution in [0.3, 0.4) is 0 Å². The Morgan fingerprint density at radius 3 is 2.76 bits per heavy atom. The Morgan fingerprint density at radius 1 is 1.41 bits per heavy atom. The van der Waals surface area contributed by atoms with Crippen LogP contribution in [0.5, 0.6) is 0 Å². The lowest BCUT2D eigenvalue weighted by Gasteiger charge is -2.02. The van der Waals surface area contributed by atoms with Gasteiger partial charge >= 0.3 is 5.97 Å². The molecule has 17 heavy (non-hydrogen) atoms. The molecule has 0 spiro atoms. The maximum absolute atomic E-state index is 11.9. The van der Waals surface area contributed by atoms with E-state index in [0.717, 1.165) is 5.56 Å². The number of carbonyl (C=O) groups is 2. The van der Waals surface area contributed by atoms with Crippen molar-refractivity contribution in [1.82, 2.24) is 0 Å². The van der Waals surface area contributed by atoms with Gasteiger partial charge in [-0.15, -0.1) is 0 Å². The Bertz CT molecular complexity index is 514. The molecule has 1 aliphatic carbocycles. The van der Waals surface area contributed by atoms with E-state index in [1.165, 1.54) is 0 Å². The normalized spacial score (nSPS) is 16.6. The summed E-state index contributed by atoms with van der Waals surface area (Å²) in [6, 6.07) is 7.05. The van der Waals surface area contributed by atoms with Crippen LogP contribution in [0.4, 0.5) is 0 Å². The van der Waals surface area contributed by atoms with Gasteiger partial charge in [0, 0.05) is 12.0 Å². The molecule has 88 valence electrons. The number of carbonyl (C=O) groups excluding carboxylic acids is 2. The molecule has 0 saturated carbocycles. The molecule has 4 heteroatoms. The van der Waals surface area contributed by atoms with E-state index in [9.17, 15) is 14.7 Å². The number of fused-ring (bicyclic) bond motifs is 1. The predicted octanol–water partition coefficient (Wildman–Crippen LogP) is 1.80. The largest absolute Gasteiger partial charge is 0.502 e. The van der Waals surface area contributed by atoms with Gasteiger partial charge in [0.1, 0.15) is 0 Å². The summed E-state index contributed by atoms with van der Waals surface area (Å²) >= 11 is 0. The van der Waals surface area contributed by atoms with E-state index >= 15 is 0 Å². The predicted molar refractivity (Wildman–Crippen MR) is 60.8 cm³/mol. The molecule has 0 amide bonds. The maximum Gasteiger partial charge on any atom is 0.373 e. The van der Waals surface area contributed by atoms with E-state index in [-0.39, 0.29) is 24.4 Å². The second kappa shape index (κ2) is 4.41. The smallest absolute Gasteiger partial charge is 0.373 e. The van der Waals surface area contributed by atoms with Gasteiger partial charge in [-0.3, -0.25) is 4.79 Å². The number of ketones is 1. The summed E-state index contributed by atoms with van der Waals surface area (Å²) in [4.78, 5) is 23.3. The zero-order valence-corrected chi connectivity index (χ0v) is 9.40. The topological polar surface area (TPSA) is 63.6 Å². The van der Waals surface area contributed by atoms with Crippen LogP contribution < -0.4 is 0 Å². The van der Waals surface area contributed by atoms with E-state index in [0.29, 0.717) is 5.56 Å². The number of esters is 1. The fraction of sp³-hybridized carbons (Fsp3) is 0.231. The standard InChI is InChI=1S/C13H12O4/c1-2-17-13(16)12(15)10-7-8-5-3-4-6-9(8)11(10)14/h3-6,15H,2,7H2,1H3/b12-10-. The highest BCUT2D eigenvalue weighted by Crippen LogP contribution is 2.27. The van der Waals surface area contributed by atoms with Crippen molar-refractivity contribution in [3.8, 4) is 0 Å². The number of benzene rings is 1. The van der Waals surface area contributed by atoms with E-state index in [1.54, 1.807) is 25.1 Å². The zero-order valence-electron chi connectivity index (χ0n) is 9.40. The third-order valence-corrected chi connectivity index (χ3v) is 2.66. The molecule has 0 radical (unpaired) electrons. The molecule has 4 nitrogen and oxygen atoms in total. The Morgan fingerprint density at radius 2 is 2.12 bits per heavy atom. The Hall–Kier alpha value is -2.10. The molecule has 0 aliphatic heterocycles. The number of aliphatic hydroxyl groups is 1. The number of Topliss-reactive ketones (excluding diaryl/α,β-unsaturated/α-hetero) is 1. The summed E-state index contributed by atoms with van der Waals surface area (Å²) in [5, 5.41) is 9.68. The van der Waals surface area contributed by atoms with Crippen LogP contribution in [0.25, 0.3) is 0 Å². The number of aliphatic hydroxyl groups excluding tert-OH is 1. The van der Waals surface area contributed by atoms with Crippen LogP contribution in [0.2, 0.25) is 0 Å². The van der Waals surface area contributed by atoms with Crippen molar-refractivity contribution in [1.29, 1.82) is 0 Å². The highest BCUT2D eigenvalue weighted by molar-refractivity contribution is 6.16. The summed E-state index contributed by atoms with van der Waals surface area (Å²) in [5.74, 6) is -1.72. The molecule has 0 heterocycles. The van der Waals surface area contributed by atoms with Gasteiger partial charge in [0.25, 0.3) is 0 Å². The number of hydrogen-bond donors (Lipinski definition) is 1. The lowest BCUT2D eigenvalue weighted by molar-refractivity contribution is -0.141. The lowest BCUT2D eigenvalue weighted by Crippen LogP contribution is -2.12. The van der Waals surface area contributed by atoms with Gasteiger partial charge in [0.15, 0.2) is 5.78 Å². The van der Waals surface area contributed by atoms with Crippen molar-refractivity contribution in [2.75, 3.05) is 6.61 Å². The molecular formula is C13H12O4. The fourth-order valence-corrected chi connectivity index (χ4v) is 1.84. The highest BCUT2D eigenvalue weighted by atomic mass is 16.5. The van der Waals surface area contributed by atoms with Crippen LogP contribution in [-0.4, -0.2) is 23.5 Å². The Labute approximate surface area is 98.5 Å². The van der Waals surface area contributed by atoms with Crippen molar-refractivity contribution in [2.24, 2.45) is 0 Å². The fourth-order valence-electron chi connectivity index (χ4n) is 1.84. The quantitative estimate of drug-likeness (QED) is 0.479. The number of rotatable bonds is 2. The van der Waals surface area contributed by atoms with Gasteiger partial charge in [-0.2, -0.15) is 0 Å². The maximum atomic E-state index is 11.9. The first kappa shape index (κ1) is 11.4. The molecule has 0 fully saturated rings. The van der Waals surface area contributed by atoms with E-state index in [2.05, 4.69) is 4.74 Å².